The highest BCUT2D eigenvalue weighted by Gasteiger charge is 2.42. The van der Waals surface area contributed by atoms with Gasteiger partial charge in [-0.1, -0.05) is 25.1 Å². The van der Waals surface area contributed by atoms with Crippen molar-refractivity contribution in [2.75, 3.05) is 13.7 Å². The maximum atomic E-state index is 11.5. The molecule has 0 saturated carbocycles. The van der Waals surface area contributed by atoms with E-state index in [9.17, 15) is 4.79 Å². The van der Waals surface area contributed by atoms with Crippen molar-refractivity contribution in [3.8, 4) is 5.75 Å². The van der Waals surface area contributed by atoms with Crippen molar-refractivity contribution in [2.24, 2.45) is 0 Å². The zero-order valence-electron chi connectivity index (χ0n) is 17.2. The third-order valence-electron chi connectivity index (χ3n) is 6.10. The quantitative estimate of drug-likeness (QED) is 0.657. The van der Waals surface area contributed by atoms with Crippen LogP contribution in [-0.4, -0.2) is 24.7 Å². The van der Waals surface area contributed by atoms with Crippen LogP contribution < -0.4 is 15.6 Å². The van der Waals surface area contributed by atoms with E-state index in [1.54, 1.807) is 13.2 Å². The summed E-state index contributed by atoms with van der Waals surface area (Å²) in [6.07, 6.45) is 1.71. The van der Waals surface area contributed by atoms with Gasteiger partial charge in [-0.25, -0.2) is 0 Å². The second-order valence-electron chi connectivity index (χ2n) is 7.73. The van der Waals surface area contributed by atoms with Crippen LogP contribution >= 0.6 is 0 Å². The lowest BCUT2D eigenvalue weighted by atomic mass is 9.87. The molecule has 3 unspecified atom stereocenters. The number of aromatic amines is 1. The lowest BCUT2D eigenvalue weighted by Crippen LogP contribution is -2.39. The lowest BCUT2D eigenvalue weighted by molar-refractivity contribution is -0.0209. The van der Waals surface area contributed by atoms with E-state index in [-0.39, 0.29) is 23.3 Å². The number of nitrogens with one attached hydrogen (secondary N) is 2. The molecule has 3 atom stereocenters. The van der Waals surface area contributed by atoms with E-state index in [2.05, 4.69) is 42.3 Å². The first kappa shape index (κ1) is 19.7. The van der Waals surface area contributed by atoms with Gasteiger partial charge in [0, 0.05) is 24.7 Å². The van der Waals surface area contributed by atoms with Gasteiger partial charge in [0.25, 0.3) is 0 Å². The predicted molar refractivity (Wildman–Crippen MR) is 115 cm³/mol. The van der Waals surface area contributed by atoms with Gasteiger partial charge in [-0.15, -0.1) is 0 Å². The Morgan fingerprint density at radius 3 is 2.76 bits per heavy atom. The fraction of sp³-hybridized carbons (Fsp3) is 0.375. The minimum absolute atomic E-state index is 0.0702. The minimum atomic E-state index is -0.324. The SMILES string of the molecule is CCC(Oc1cccc(C2(OC)CCNC2C)c1)c1ccc2[nH]c(=O)ccc2c1. The summed E-state index contributed by atoms with van der Waals surface area (Å²) in [7, 11) is 1.78. The zero-order chi connectivity index (χ0) is 20.4. The van der Waals surface area contributed by atoms with Crippen LogP contribution in [0.25, 0.3) is 10.9 Å². The first-order valence-corrected chi connectivity index (χ1v) is 10.2. The number of aromatic nitrogens is 1. The molecule has 0 radical (unpaired) electrons. The Balaban J connectivity index is 1.62. The number of ether oxygens (including phenoxy) is 2. The molecule has 1 fully saturated rings. The maximum absolute atomic E-state index is 11.5. The molecule has 2 aromatic carbocycles. The molecule has 0 bridgehead atoms. The summed E-state index contributed by atoms with van der Waals surface area (Å²) in [5, 5.41) is 4.49. The van der Waals surface area contributed by atoms with Gasteiger partial charge in [0.15, 0.2) is 0 Å². The Morgan fingerprint density at radius 2 is 2.03 bits per heavy atom. The molecule has 0 spiro atoms. The normalized spacial score (nSPS) is 22.7. The van der Waals surface area contributed by atoms with E-state index in [1.165, 1.54) is 0 Å². The molecule has 5 nitrogen and oxygen atoms in total. The fourth-order valence-corrected chi connectivity index (χ4v) is 4.40. The number of fused-ring (bicyclic) bond motifs is 1. The molecule has 3 aromatic rings. The number of methoxy groups -OCH3 is 1. The second-order valence-corrected chi connectivity index (χ2v) is 7.73. The van der Waals surface area contributed by atoms with Gasteiger partial charge in [-0.05, 0) is 73.2 Å². The van der Waals surface area contributed by atoms with E-state index in [0.29, 0.717) is 0 Å². The first-order valence-electron chi connectivity index (χ1n) is 10.2. The molecular formula is C24H28N2O3. The molecule has 5 heteroatoms. The van der Waals surface area contributed by atoms with Gasteiger partial charge in [0.2, 0.25) is 5.56 Å². The van der Waals surface area contributed by atoms with Crippen molar-refractivity contribution in [1.82, 2.24) is 10.3 Å². The van der Waals surface area contributed by atoms with Crippen LogP contribution in [0.5, 0.6) is 5.75 Å². The van der Waals surface area contributed by atoms with E-state index in [0.717, 1.165) is 47.2 Å². The van der Waals surface area contributed by atoms with E-state index < -0.39 is 0 Å². The van der Waals surface area contributed by atoms with Crippen molar-refractivity contribution in [2.45, 2.75) is 44.4 Å². The monoisotopic (exact) mass is 392 g/mol. The van der Waals surface area contributed by atoms with Crippen LogP contribution in [0.4, 0.5) is 0 Å². The number of benzene rings is 2. The molecule has 4 rings (SSSR count). The van der Waals surface area contributed by atoms with Crippen molar-refractivity contribution in [1.29, 1.82) is 0 Å². The Hall–Kier alpha value is -2.63. The van der Waals surface area contributed by atoms with Gasteiger partial charge < -0.3 is 19.8 Å². The van der Waals surface area contributed by atoms with E-state index in [4.69, 9.17) is 9.47 Å². The molecule has 152 valence electrons. The fourth-order valence-electron chi connectivity index (χ4n) is 4.40. The summed E-state index contributed by atoms with van der Waals surface area (Å²) in [4.78, 5) is 14.4. The molecule has 1 aliphatic rings. The molecule has 0 amide bonds. The van der Waals surface area contributed by atoms with Gasteiger partial charge in [-0.3, -0.25) is 4.79 Å². The standard InChI is InChI=1S/C24H28N2O3/c1-4-22(18-8-10-21-17(14-18)9-11-23(27)26-21)29-20-7-5-6-19(15-20)24(28-3)12-13-25-16(24)2/h5-11,14-16,22,25H,4,12-13H2,1-3H3,(H,26,27). The predicted octanol–water partition coefficient (Wildman–Crippen LogP) is 4.28. The van der Waals surface area contributed by atoms with Gasteiger partial charge >= 0.3 is 0 Å². The summed E-state index contributed by atoms with van der Waals surface area (Å²) in [6, 6.07) is 18.0. The van der Waals surface area contributed by atoms with Crippen molar-refractivity contribution < 1.29 is 9.47 Å². The molecule has 1 saturated heterocycles. The molecule has 2 heterocycles. The lowest BCUT2D eigenvalue weighted by Gasteiger charge is -2.32. The van der Waals surface area contributed by atoms with E-state index >= 15 is 0 Å². The van der Waals surface area contributed by atoms with Crippen LogP contribution in [0.2, 0.25) is 0 Å². The highest BCUT2D eigenvalue weighted by atomic mass is 16.5. The van der Waals surface area contributed by atoms with Crippen LogP contribution in [0.15, 0.2) is 59.4 Å². The van der Waals surface area contributed by atoms with Gasteiger partial charge in [-0.2, -0.15) is 0 Å². The van der Waals surface area contributed by atoms with Crippen LogP contribution in [0.1, 0.15) is 43.9 Å². The highest BCUT2D eigenvalue weighted by Crippen LogP contribution is 2.38. The summed E-state index contributed by atoms with van der Waals surface area (Å²) < 4.78 is 12.4. The van der Waals surface area contributed by atoms with Crippen molar-refractivity contribution in [3.63, 3.8) is 0 Å². The summed E-state index contributed by atoms with van der Waals surface area (Å²) in [5.74, 6) is 0.839. The third kappa shape index (κ3) is 3.68. The largest absolute Gasteiger partial charge is 0.486 e. The Kier molecular flexibility index (Phi) is 5.43. The first-order chi connectivity index (χ1) is 14.1. The molecular weight excluding hydrogens is 364 g/mol. The zero-order valence-corrected chi connectivity index (χ0v) is 17.2. The van der Waals surface area contributed by atoms with E-state index in [1.807, 2.05) is 30.3 Å². The van der Waals surface area contributed by atoms with Crippen LogP contribution in [0, 0.1) is 0 Å². The Bertz CT molecular complexity index is 1060. The maximum Gasteiger partial charge on any atom is 0.248 e. The third-order valence-corrected chi connectivity index (χ3v) is 6.10. The van der Waals surface area contributed by atoms with Crippen LogP contribution in [-0.2, 0) is 10.3 Å². The molecule has 1 aromatic heterocycles. The van der Waals surface area contributed by atoms with Crippen molar-refractivity contribution >= 4 is 10.9 Å². The Morgan fingerprint density at radius 1 is 1.17 bits per heavy atom. The average molecular weight is 392 g/mol. The summed E-state index contributed by atoms with van der Waals surface area (Å²) in [5.41, 5.74) is 2.65. The van der Waals surface area contributed by atoms with Gasteiger partial charge in [0.1, 0.15) is 17.5 Å². The number of H-pyrrole nitrogens is 1. The highest BCUT2D eigenvalue weighted by molar-refractivity contribution is 5.79. The number of hydrogen-bond donors (Lipinski definition) is 2. The molecule has 0 aliphatic carbocycles. The van der Waals surface area contributed by atoms with Crippen molar-refractivity contribution in [3.05, 3.63) is 76.1 Å². The minimum Gasteiger partial charge on any atom is -0.486 e. The number of pyridine rings is 1. The van der Waals surface area contributed by atoms with Gasteiger partial charge in [0.05, 0.1) is 0 Å². The summed E-state index contributed by atoms with van der Waals surface area (Å²) >= 11 is 0. The Labute approximate surface area is 171 Å². The second kappa shape index (κ2) is 8.01. The number of rotatable bonds is 6. The smallest absolute Gasteiger partial charge is 0.248 e. The number of hydrogen-bond acceptors (Lipinski definition) is 4. The topological polar surface area (TPSA) is 63.4 Å². The molecule has 29 heavy (non-hydrogen) atoms. The summed E-state index contributed by atoms with van der Waals surface area (Å²) in [6.45, 7) is 5.22. The molecule has 1 aliphatic heterocycles. The van der Waals surface area contributed by atoms with Crippen LogP contribution in [0.3, 0.4) is 0 Å². The average Bonchev–Trinajstić information content (AvgIpc) is 3.13. The molecule has 2 N–H and O–H groups in total.